The minimum atomic E-state index is -1.21. The zero-order valence-corrected chi connectivity index (χ0v) is 15.8. The molecule has 8 heteroatoms. The number of nitrogens with one attached hydrogen (secondary N) is 1. The fourth-order valence-electron chi connectivity index (χ4n) is 1.88. The highest BCUT2D eigenvalue weighted by Gasteiger charge is 2.27. The molecule has 126 valence electrons. The van der Waals surface area contributed by atoms with E-state index in [1.54, 1.807) is 32.0 Å². The number of esters is 1. The second kappa shape index (κ2) is 9.02. The molecule has 0 aromatic heterocycles. The van der Waals surface area contributed by atoms with E-state index in [1.165, 1.54) is 0 Å². The fourth-order valence-corrected chi connectivity index (χ4v) is 3.18. The van der Waals surface area contributed by atoms with Gasteiger partial charge in [0.25, 0.3) is 5.91 Å². The van der Waals surface area contributed by atoms with Crippen LogP contribution in [0.1, 0.15) is 30.6 Å². The lowest BCUT2D eigenvalue weighted by atomic mass is 10.0. The Kier molecular flexibility index (Phi) is 7.70. The van der Waals surface area contributed by atoms with Gasteiger partial charge in [0.15, 0.2) is 0 Å². The zero-order chi connectivity index (χ0) is 17.6. The van der Waals surface area contributed by atoms with Gasteiger partial charge in [0, 0.05) is 14.5 Å². The van der Waals surface area contributed by atoms with Gasteiger partial charge in [-0.3, -0.25) is 9.59 Å². The van der Waals surface area contributed by atoms with Crippen LogP contribution in [0.15, 0.2) is 27.1 Å². The van der Waals surface area contributed by atoms with Crippen molar-refractivity contribution < 1.29 is 24.2 Å². The first kappa shape index (κ1) is 19.6. The van der Waals surface area contributed by atoms with Gasteiger partial charge in [-0.2, -0.15) is 0 Å². The summed E-state index contributed by atoms with van der Waals surface area (Å²) in [7, 11) is 0. The smallest absolute Gasteiger partial charge is 0.326 e. The normalized spacial score (nSPS) is 13.0. The second-order valence-electron chi connectivity index (χ2n) is 4.91. The van der Waals surface area contributed by atoms with Gasteiger partial charge in [0.1, 0.15) is 6.04 Å². The quantitative estimate of drug-likeness (QED) is 0.623. The molecule has 0 spiro atoms. The molecule has 1 amide bonds. The van der Waals surface area contributed by atoms with Gasteiger partial charge in [-0.25, -0.2) is 4.79 Å². The Bertz CT molecular complexity index is 585. The van der Waals surface area contributed by atoms with Crippen molar-refractivity contribution in [2.45, 2.75) is 26.3 Å². The van der Waals surface area contributed by atoms with E-state index < -0.39 is 29.8 Å². The minimum absolute atomic E-state index is 0.0465. The van der Waals surface area contributed by atoms with E-state index in [-0.39, 0.29) is 13.0 Å². The van der Waals surface area contributed by atoms with Crippen LogP contribution in [0.5, 0.6) is 0 Å². The van der Waals surface area contributed by atoms with Crippen molar-refractivity contribution in [2.75, 3.05) is 6.61 Å². The SMILES string of the molecule is CCOC(=O)[C@H](C)C[C@H](NC(=O)c1cc(Br)cc(Br)c1)C(=O)O. The van der Waals surface area contributed by atoms with Crippen molar-refractivity contribution >= 4 is 49.7 Å². The summed E-state index contributed by atoms with van der Waals surface area (Å²) >= 11 is 6.53. The fraction of sp³-hybridized carbons (Fsp3) is 0.400. The Balaban J connectivity index is 2.81. The maximum Gasteiger partial charge on any atom is 0.326 e. The molecule has 0 saturated carbocycles. The average Bonchev–Trinajstić information content (AvgIpc) is 2.45. The van der Waals surface area contributed by atoms with E-state index in [2.05, 4.69) is 37.2 Å². The summed E-state index contributed by atoms with van der Waals surface area (Å²) in [5.41, 5.74) is 0.307. The maximum atomic E-state index is 12.2. The summed E-state index contributed by atoms with van der Waals surface area (Å²) in [6, 6.07) is 3.73. The topological polar surface area (TPSA) is 92.7 Å². The number of ether oxygens (including phenoxy) is 1. The number of carboxylic acids is 1. The molecule has 0 bridgehead atoms. The molecule has 0 aliphatic carbocycles. The van der Waals surface area contributed by atoms with Crippen molar-refractivity contribution in [2.24, 2.45) is 5.92 Å². The number of carboxylic acid groups (broad SMARTS) is 1. The summed E-state index contributed by atoms with van der Waals surface area (Å²) in [6.45, 7) is 3.46. The van der Waals surface area contributed by atoms with E-state index in [4.69, 9.17) is 4.74 Å². The molecule has 0 aliphatic rings. The molecule has 1 rings (SSSR count). The van der Waals surface area contributed by atoms with Crippen LogP contribution in [-0.2, 0) is 14.3 Å². The molecule has 6 nitrogen and oxygen atoms in total. The molecule has 1 aromatic rings. The van der Waals surface area contributed by atoms with Crippen LogP contribution in [0, 0.1) is 5.92 Å². The molecule has 2 N–H and O–H groups in total. The zero-order valence-electron chi connectivity index (χ0n) is 12.6. The third kappa shape index (κ3) is 6.31. The molecular formula is C15H17Br2NO5. The Hall–Kier alpha value is -1.41. The number of halogens is 2. The third-order valence-corrected chi connectivity index (χ3v) is 3.92. The molecular weight excluding hydrogens is 434 g/mol. The van der Waals surface area contributed by atoms with Crippen LogP contribution in [-0.4, -0.2) is 35.6 Å². The molecule has 0 saturated heterocycles. The van der Waals surface area contributed by atoms with Gasteiger partial charge in [-0.15, -0.1) is 0 Å². The van der Waals surface area contributed by atoms with Crippen molar-refractivity contribution in [3.63, 3.8) is 0 Å². The van der Waals surface area contributed by atoms with Gasteiger partial charge in [-0.05, 0) is 31.5 Å². The maximum absolute atomic E-state index is 12.2. The van der Waals surface area contributed by atoms with Crippen LogP contribution < -0.4 is 5.32 Å². The van der Waals surface area contributed by atoms with Gasteiger partial charge in [0.05, 0.1) is 12.5 Å². The molecule has 0 unspecified atom stereocenters. The van der Waals surface area contributed by atoms with Crippen molar-refractivity contribution in [3.05, 3.63) is 32.7 Å². The number of carbonyl (C=O) groups is 3. The Morgan fingerprint density at radius 1 is 1.22 bits per heavy atom. The lowest BCUT2D eigenvalue weighted by Gasteiger charge is -2.18. The van der Waals surface area contributed by atoms with Crippen LogP contribution >= 0.6 is 31.9 Å². The minimum Gasteiger partial charge on any atom is -0.480 e. The lowest BCUT2D eigenvalue weighted by Crippen LogP contribution is -2.42. The highest BCUT2D eigenvalue weighted by Crippen LogP contribution is 2.20. The molecule has 0 aliphatic heterocycles. The monoisotopic (exact) mass is 449 g/mol. The predicted molar refractivity (Wildman–Crippen MR) is 91.1 cm³/mol. The first-order valence-electron chi connectivity index (χ1n) is 6.91. The number of amides is 1. The van der Waals surface area contributed by atoms with E-state index in [0.717, 1.165) is 0 Å². The van der Waals surface area contributed by atoms with E-state index in [9.17, 15) is 19.5 Å². The van der Waals surface area contributed by atoms with Crippen molar-refractivity contribution in [1.29, 1.82) is 0 Å². The number of carbonyl (C=O) groups excluding carboxylic acids is 2. The molecule has 1 aromatic carbocycles. The standard InChI is InChI=1S/C15H17Br2NO5/c1-3-23-15(22)8(2)4-12(14(20)21)18-13(19)9-5-10(16)7-11(17)6-9/h5-8,12H,3-4H2,1-2H3,(H,18,19)(H,20,21)/t8-,12+/m1/s1. The molecule has 0 fully saturated rings. The molecule has 0 heterocycles. The van der Waals surface area contributed by atoms with Crippen LogP contribution in [0.4, 0.5) is 0 Å². The summed E-state index contributed by atoms with van der Waals surface area (Å²) in [5, 5.41) is 11.7. The number of benzene rings is 1. The highest BCUT2D eigenvalue weighted by atomic mass is 79.9. The Morgan fingerprint density at radius 3 is 2.26 bits per heavy atom. The van der Waals surface area contributed by atoms with Gasteiger partial charge >= 0.3 is 11.9 Å². The number of hydrogen-bond donors (Lipinski definition) is 2. The van der Waals surface area contributed by atoms with Gasteiger partial charge < -0.3 is 15.2 Å². The number of aliphatic carboxylic acids is 1. The van der Waals surface area contributed by atoms with Crippen LogP contribution in [0.2, 0.25) is 0 Å². The van der Waals surface area contributed by atoms with E-state index >= 15 is 0 Å². The largest absolute Gasteiger partial charge is 0.480 e. The van der Waals surface area contributed by atoms with E-state index in [1.807, 2.05) is 0 Å². The summed E-state index contributed by atoms with van der Waals surface area (Å²) in [5.74, 6) is -2.86. The molecule has 0 radical (unpaired) electrons. The third-order valence-electron chi connectivity index (χ3n) is 3.01. The van der Waals surface area contributed by atoms with Crippen LogP contribution in [0.3, 0.4) is 0 Å². The van der Waals surface area contributed by atoms with E-state index in [0.29, 0.717) is 14.5 Å². The second-order valence-corrected chi connectivity index (χ2v) is 6.74. The van der Waals surface area contributed by atoms with Crippen LogP contribution in [0.25, 0.3) is 0 Å². The Labute approximate surface area is 150 Å². The van der Waals surface area contributed by atoms with Crippen molar-refractivity contribution in [3.8, 4) is 0 Å². The highest BCUT2D eigenvalue weighted by molar-refractivity contribution is 9.11. The van der Waals surface area contributed by atoms with Gasteiger partial charge in [-0.1, -0.05) is 38.8 Å². The predicted octanol–water partition coefficient (Wildman–Crippen LogP) is 2.98. The summed E-state index contributed by atoms with van der Waals surface area (Å²) in [6.07, 6.45) is -0.0465. The van der Waals surface area contributed by atoms with Gasteiger partial charge in [0.2, 0.25) is 0 Å². The van der Waals surface area contributed by atoms with Crippen molar-refractivity contribution in [1.82, 2.24) is 5.32 Å². The summed E-state index contributed by atoms with van der Waals surface area (Å²) in [4.78, 5) is 35.1. The first-order valence-corrected chi connectivity index (χ1v) is 8.49. The summed E-state index contributed by atoms with van der Waals surface area (Å²) < 4.78 is 6.22. The lowest BCUT2D eigenvalue weighted by molar-refractivity contribution is -0.148. The molecule has 23 heavy (non-hydrogen) atoms. The number of hydrogen-bond acceptors (Lipinski definition) is 4. The number of rotatable bonds is 7. The first-order chi connectivity index (χ1) is 10.7. The molecule has 2 atom stereocenters. The average molecular weight is 451 g/mol. The Morgan fingerprint density at radius 2 is 1.78 bits per heavy atom.